The van der Waals surface area contributed by atoms with E-state index in [1.807, 2.05) is 22.0 Å². The quantitative estimate of drug-likeness (QED) is 0.613. The van der Waals surface area contributed by atoms with Crippen LogP contribution in [-0.2, 0) is 6.42 Å². The van der Waals surface area contributed by atoms with E-state index in [0.717, 1.165) is 20.9 Å². The van der Waals surface area contributed by atoms with Gasteiger partial charge in [0, 0.05) is 18.1 Å². The zero-order chi connectivity index (χ0) is 15.8. The molecule has 0 bridgehead atoms. The van der Waals surface area contributed by atoms with Gasteiger partial charge in [0.05, 0.1) is 10.4 Å². The highest BCUT2D eigenvalue weighted by molar-refractivity contribution is 7.21. The van der Waals surface area contributed by atoms with Crippen molar-refractivity contribution in [3.8, 4) is 0 Å². The third kappa shape index (κ3) is 2.73. The molecule has 0 spiro atoms. The monoisotopic (exact) mass is 345 g/mol. The summed E-state index contributed by atoms with van der Waals surface area (Å²) >= 11 is 2.97. The van der Waals surface area contributed by atoms with Gasteiger partial charge in [-0.15, -0.1) is 22.7 Å². The van der Waals surface area contributed by atoms with E-state index >= 15 is 0 Å². The molecule has 1 amide bonds. The van der Waals surface area contributed by atoms with Gasteiger partial charge in [0.2, 0.25) is 0 Å². The highest BCUT2D eigenvalue weighted by atomic mass is 32.1. The summed E-state index contributed by atoms with van der Waals surface area (Å²) in [5.41, 5.74) is 1.96. The van der Waals surface area contributed by atoms with Gasteiger partial charge in [-0.3, -0.25) is 9.20 Å². The minimum absolute atomic E-state index is 0.0981. The number of imidazole rings is 1. The number of fused-ring (bicyclic) bond motifs is 3. The maximum absolute atomic E-state index is 12.8. The summed E-state index contributed by atoms with van der Waals surface area (Å²) in [6, 6.07) is 8.19. The summed E-state index contributed by atoms with van der Waals surface area (Å²) in [6.45, 7) is 0.515. The molecule has 0 radical (unpaired) electrons. The molecule has 4 nitrogen and oxygen atoms in total. The number of hydrogen-bond acceptors (Lipinski definition) is 4. The first-order valence-electron chi connectivity index (χ1n) is 7.08. The molecule has 7 heteroatoms. The molecule has 4 rings (SSSR count). The maximum atomic E-state index is 12.8. The molecular formula is C16H12FN3OS2. The molecule has 0 aliphatic carbocycles. The van der Waals surface area contributed by atoms with Crippen LogP contribution in [0.25, 0.3) is 15.3 Å². The number of rotatable bonds is 4. The average molecular weight is 345 g/mol. The standard InChI is InChI=1S/C16H12FN3OS2/c17-11-3-1-10(2-4-11)5-6-18-14(21)13-9-12-15(23-13)19-16-20(12)7-8-22-16/h1-4,7-9H,5-6H2,(H,18,21). The van der Waals surface area contributed by atoms with Crippen molar-refractivity contribution in [2.45, 2.75) is 6.42 Å². The van der Waals surface area contributed by atoms with Crippen LogP contribution in [0.2, 0.25) is 0 Å². The van der Waals surface area contributed by atoms with Gasteiger partial charge in [-0.1, -0.05) is 12.1 Å². The Bertz CT molecular complexity index is 984. The topological polar surface area (TPSA) is 46.4 Å². The normalized spacial score (nSPS) is 11.3. The number of nitrogens with one attached hydrogen (secondary N) is 1. The van der Waals surface area contributed by atoms with Crippen molar-refractivity contribution in [2.75, 3.05) is 6.54 Å². The molecule has 1 N–H and O–H groups in total. The van der Waals surface area contributed by atoms with Gasteiger partial charge in [-0.25, -0.2) is 9.37 Å². The number of carbonyl (C=O) groups excluding carboxylic acids is 1. The Morgan fingerprint density at radius 1 is 1.30 bits per heavy atom. The van der Waals surface area contributed by atoms with Crippen LogP contribution in [0.3, 0.4) is 0 Å². The third-order valence-corrected chi connectivity index (χ3v) is 5.35. The van der Waals surface area contributed by atoms with Gasteiger partial charge >= 0.3 is 0 Å². The number of thiophene rings is 1. The molecule has 3 heterocycles. The molecule has 23 heavy (non-hydrogen) atoms. The van der Waals surface area contributed by atoms with E-state index in [4.69, 9.17) is 0 Å². The number of aromatic nitrogens is 2. The number of hydrogen-bond donors (Lipinski definition) is 1. The minimum atomic E-state index is -0.250. The summed E-state index contributed by atoms with van der Waals surface area (Å²) in [6.07, 6.45) is 2.63. The highest BCUT2D eigenvalue weighted by Gasteiger charge is 2.14. The molecule has 0 unspecified atom stereocenters. The summed E-state index contributed by atoms with van der Waals surface area (Å²) in [5, 5.41) is 4.87. The van der Waals surface area contributed by atoms with Crippen LogP contribution in [-0.4, -0.2) is 21.8 Å². The summed E-state index contributed by atoms with van der Waals surface area (Å²) < 4.78 is 14.8. The van der Waals surface area contributed by atoms with E-state index in [0.29, 0.717) is 17.8 Å². The zero-order valence-corrected chi connectivity index (χ0v) is 13.6. The van der Waals surface area contributed by atoms with Crippen molar-refractivity contribution < 1.29 is 9.18 Å². The lowest BCUT2D eigenvalue weighted by Gasteiger charge is -2.03. The molecule has 0 saturated heterocycles. The SMILES string of the molecule is O=C(NCCc1ccc(F)cc1)c1cc2c(nc3sccn32)s1. The van der Waals surface area contributed by atoms with Gasteiger partial charge in [0.15, 0.2) is 4.96 Å². The lowest BCUT2D eigenvalue weighted by molar-refractivity contribution is 0.0958. The molecule has 3 aromatic heterocycles. The fraction of sp³-hybridized carbons (Fsp3) is 0.125. The first-order chi connectivity index (χ1) is 11.2. The van der Waals surface area contributed by atoms with E-state index in [9.17, 15) is 9.18 Å². The van der Waals surface area contributed by atoms with E-state index in [2.05, 4.69) is 10.3 Å². The number of nitrogens with zero attached hydrogens (tertiary/aromatic N) is 2. The van der Waals surface area contributed by atoms with Crippen LogP contribution in [0, 0.1) is 5.82 Å². The molecule has 0 fully saturated rings. The van der Waals surface area contributed by atoms with Crippen LogP contribution in [0.1, 0.15) is 15.2 Å². The van der Waals surface area contributed by atoms with E-state index in [1.165, 1.54) is 23.5 Å². The van der Waals surface area contributed by atoms with Crippen LogP contribution < -0.4 is 5.32 Å². The molecule has 1 aromatic carbocycles. The zero-order valence-electron chi connectivity index (χ0n) is 12.0. The van der Waals surface area contributed by atoms with Crippen LogP contribution >= 0.6 is 22.7 Å². The molecule has 0 atom stereocenters. The molecular weight excluding hydrogens is 333 g/mol. The largest absolute Gasteiger partial charge is 0.351 e. The van der Waals surface area contributed by atoms with Crippen molar-refractivity contribution in [3.63, 3.8) is 0 Å². The number of benzene rings is 1. The fourth-order valence-electron chi connectivity index (χ4n) is 2.42. The molecule has 0 aliphatic heterocycles. The van der Waals surface area contributed by atoms with E-state index in [-0.39, 0.29) is 11.7 Å². The first-order valence-corrected chi connectivity index (χ1v) is 8.78. The van der Waals surface area contributed by atoms with Crippen LogP contribution in [0.15, 0.2) is 41.9 Å². The second-order valence-corrected chi connectivity index (χ2v) is 7.00. The Morgan fingerprint density at radius 3 is 2.96 bits per heavy atom. The van der Waals surface area contributed by atoms with Crippen LogP contribution in [0.5, 0.6) is 0 Å². The highest BCUT2D eigenvalue weighted by Crippen LogP contribution is 2.28. The second kappa shape index (κ2) is 5.75. The van der Waals surface area contributed by atoms with Gasteiger partial charge in [-0.2, -0.15) is 0 Å². The molecule has 0 aliphatic rings. The Hall–Kier alpha value is -2.25. The smallest absolute Gasteiger partial charge is 0.261 e. The van der Waals surface area contributed by atoms with Crippen molar-refractivity contribution in [2.24, 2.45) is 0 Å². The minimum Gasteiger partial charge on any atom is -0.351 e. The number of halogens is 1. The van der Waals surface area contributed by atoms with E-state index < -0.39 is 0 Å². The Labute approximate surface area is 139 Å². The fourth-order valence-corrected chi connectivity index (χ4v) is 4.13. The lowest BCUT2D eigenvalue weighted by atomic mass is 10.1. The predicted molar refractivity (Wildman–Crippen MR) is 90.9 cm³/mol. The van der Waals surface area contributed by atoms with Crippen molar-refractivity contribution in [3.05, 3.63) is 58.2 Å². The Balaban J connectivity index is 1.44. The maximum Gasteiger partial charge on any atom is 0.261 e. The first kappa shape index (κ1) is 14.3. The summed E-state index contributed by atoms with van der Waals surface area (Å²) in [7, 11) is 0. The summed E-state index contributed by atoms with van der Waals surface area (Å²) in [5.74, 6) is -0.348. The van der Waals surface area contributed by atoms with Crippen LogP contribution in [0.4, 0.5) is 4.39 Å². The number of thiazole rings is 1. The summed E-state index contributed by atoms with van der Waals surface area (Å²) in [4.78, 5) is 19.2. The predicted octanol–water partition coefficient (Wildman–Crippen LogP) is 3.72. The third-order valence-electron chi connectivity index (χ3n) is 3.58. The second-order valence-electron chi connectivity index (χ2n) is 5.10. The van der Waals surface area contributed by atoms with Gasteiger partial charge in [-0.05, 0) is 30.2 Å². The lowest BCUT2D eigenvalue weighted by Crippen LogP contribution is -2.24. The molecule has 116 valence electrons. The average Bonchev–Trinajstić information content (AvgIpc) is 3.20. The van der Waals surface area contributed by atoms with Crippen molar-refractivity contribution in [1.29, 1.82) is 0 Å². The molecule has 4 aromatic rings. The Morgan fingerprint density at radius 2 is 2.13 bits per heavy atom. The Kier molecular flexibility index (Phi) is 3.59. The van der Waals surface area contributed by atoms with Gasteiger partial charge in [0.25, 0.3) is 5.91 Å². The van der Waals surface area contributed by atoms with Crippen molar-refractivity contribution in [1.82, 2.24) is 14.7 Å². The van der Waals surface area contributed by atoms with Gasteiger partial charge in [0.1, 0.15) is 10.6 Å². The number of amides is 1. The van der Waals surface area contributed by atoms with E-state index in [1.54, 1.807) is 23.5 Å². The van der Waals surface area contributed by atoms with Crippen molar-refractivity contribution >= 4 is 43.9 Å². The number of carbonyl (C=O) groups is 1. The van der Waals surface area contributed by atoms with Gasteiger partial charge < -0.3 is 5.32 Å². The molecule has 0 saturated carbocycles.